The van der Waals surface area contributed by atoms with Gasteiger partial charge in [-0.25, -0.2) is 4.79 Å². The number of nitrogens with zero attached hydrogens (tertiary/aromatic N) is 3. The van der Waals surface area contributed by atoms with Crippen LogP contribution in [0.25, 0.3) is 11.3 Å². The van der Waals surface area contributed by atoms with E-state index >= 15 is 0 Å². The Labute approximate surface area is 136 Å². The summed E-state index contributed by atoms with van der Waals surface area (Å²) in [5.41, 5.74) is 0.772. The lowest BCUT2D eigenvalue weighted by molar-refractivity contribution is 0.196. The molecule has 0 bridgehead atoms. The van der Waals surface area contributed by atoms with E-state index in [0.717, 1.165) is 0 Å². The minimum atomic E-state index is -1.02. The lowest BCUT2D eigenvalue weighted by atomic mass is 10.1. The van der Waals surface area contributed by atoms with E-state index in [1.165, 1.54) is 22.4 Å². The molecule has 0 aromatic carbocycles. The van der Waals surface area contributed by atoms with Gasteiger partial charge < -0.3 is 5.11 Å². The Kier molecular flexibility index (Phi) is 4.24. The fraction of sp³-hybridized carbons (Fsp3) is 0.385. The highest BCUT2D eigenvalue weighted by molar-refractivity contribution is 7.20. The van der Waals surface area contributed by atoms with Gasteiger partial charge in [0.1, 0.15) is 9.34 Å². The Hall–Kier alpha value is -1.24. The van der Waals surface area contributed by atoms with E-state index in [4.69, 9.17) is 23.2 Å². The van der Waals surface area contributed by atoms with Gasteiger partial charge in [0.2, 0.25) is 0 Å². The molecule has 8 heteroatoms. The zero-order chi connectivity index (χ0) is 15.9. The maximum atomic E-state index is 11.5. The van der Waals surface area contributed by atoms with E-state index < -0.39 is 11.6 Å². The summed E-state index contributed by atoms with van der Waals surface area (Å²) < 4.78 is 2.09. The lowest BCUT2D eigenvalue weighted by Gasteiger charge is -2.31. The van der Waals surface area contributed by atoms with Gasteiger partial charge in [-0.3, -0.25) is 9.58 Å². The van der Waals surface area contributed by atoms with Crippen LogP contribution in [-0.2, 0) is 7.05 Å². The molecule has 5 nitrogen and oxygen atoms in total. The normalized spacial score (nSPS) is 11.7. The smallest absolute Gasteiger partial charge is 0.412 e. The van der Waals surface area contributed by atoms with Crippen LogP contribution in [0.1, 0.15) is 20.8 Å². The number of carbonyl (C=O) groups is 1. The molecule has 0 unspecified atom stereocenters. The van der Waals surface area contributed by atoms with Gasteiger partial charge >= 0.3 is 6.09 Å². The number of aromatic nitrogens is 2. The topological polar surface area (TPSA) is 58.4 Å². The SMILES string of the molecule is Cn1ncc(Cl)c1-c1cc(N(C(=O)O)C(C)(C)C)sc1Cl. The largest absolute Gasteiger partial charge is 0.465 e. The molecule has 2 aromatic rings. The zero-order valence-corrected chi connectivity index (χ0v) is 14.3. The number of halogens is 2. The third-order valence-electron chi connectivity index (χ3n) is 2.91. The molecule has 2 rings (SSSR count). The van der Waals surface area contributed by atoms with Crippen LogP contribution in [0, 0.1) is 0 Å². The van der Waals surface area contributed by atoms with Gasteiger partial charge in [0.15, 0.2) is 0 Å². The van der Waals surface area contributed by atoms with Gasteiger partial charge in [0.05, 0.1) is 16.9 Å². The van der Waals surface area contributed by atoms with E-state index in [9.17, 15) is 9.90 Å². The minimum absolute atomic E-state index is 0.474. The van der Waals surface area contributed by atoms with Crippen molar-refractivity contribution in [1.82, 2.24) is 9.78 Å². The minimum Gasteiger partial charge on any atom is -0.465 e. The number of rotatable bonds is 2. The number of carboxylic acid groups (broad SMARTS) is 1. The lowest BCUT2D eigenvalue weighted by Crippen LogP contribution is -2.44. The van der Waals surface area contributed by atoms with E-state index in [2.05, 4.69) is 5.10 Å². The van der Waals surface area contributed by atoms with E-state index in [1.807, 2.05) is 20.8 Å². The zero-order valence-electron chi connectivity index (χ0n) is 12.0. The van der Waals surface area contributed by atoms with Crippen molar-refractivity contribution in [3.63, 3.8) is 0 Å². The van der Waals surface area contributed by atoms with Crippen molar-refractivity contribution in [3.8, 4) is 11.3 Å². The second kappa shape index (κ2) is 5.51. The summed E-state index contributed by atoms with van der Waals surface area (Å²) in [7, 11) is 1.76. The molecule has 0 aliphatic rings. The molecule has 0 saturated heterocycles. The van der Waals surface area contributed by atoms with E-state index in [-0.39, 0.29) is 0 Å². The van der Waals surface area contributed by atoms with Crippen LogP contribution in [0.3, 0.4) is 0 Å². The third kappa shape index (κ3) is 3.02. The second-order valence-electron chi connectivity index (χ2n) is 5.53. The van der Waals surface area contributed by atoms with Crippen LogP contribution in [0.15, 0.2) is 12.3 Å². The monoisotopic (exact) mass is 347 g/mol. The number of anilines is 1. The number of hydrogen-bond acceptors (Lipinski definition) is 3. The first kappa shape index (κ1) is 16.1. The quantitative estimate of drug-likeness (QED) is 0.853. The van der Waals surface area contributed by atoms with Crippen molar-refractivity contribution in [2.45, 2.75) is 26.3 Å². The average Bonchev–Trinajstić information content (AvgIpc) is 2.80. The number of thiophene rings is 1. The van der Waals surface area contributed by atoms with Crippen molar-refractivity contribution >= 4 is 45.6 Å². The summed E-state index contributed by atoms with van der Waals surface area (Å²) >= 11 is 13.6. The summed E-state index contributed by atoms with van der Waals surface area (Å²) in [4.78, 5) is 12.8. The molecule has 1 amide bonds. The number of hydrogen-bond donors (Lipinski definition) is 1. The van der Waals surface area contributed by atoms with Crippen LogP contribution in [0.2, 0.25) is 9.36 Å². The summed E-state index contributed by atoms with van der Waals surface area (Å²) in [6, 6.07) is 1.73. The summed E-state index contributed by atoms with van der Waals surface area (Å²) in [5, 5.41) is 14.5. The maximum absolute atomic E-state index is 11.5. The van der Waals surface area contributed by atoms with Crippen molar-refractivity contribution in [2.24, 2.45) is 7.05 Å². The molecular formula is C13H15Cl2N3O2S. The molecule has 0 aliphatic heterocycles. The molecule has 0 spiro atoms. The third-order valence-corrected chi connectivity index (χ3v) is 4.53. The number of amides is 1. The van der Waals surface area contributed by atoms with Gasteiger partial charge in [0, 0.05) is 18.2 Å². The van der Waals surface area contributed by atoms with Gasteiger partial charge in [-0.1, -0.05) is 23.2 Å². The summed E-state index contributed by atoms with van der Waals surface area (Å²) in [5.74, 6) is 0. The summed E-state index contributed by atoms with van der Waals surface area (Å²) in [6.45, 7) is 5.47. The molecule has 0 radical (unpaired) electrons. The van der Waals surface area contributed by atoms with Crippen molar-refractivity contribution in [3.05, 3.63) is 21.6 Å². The first-order valence-electron chi connectivity index (χ1n) is 6.13. The fourth-order valence-corrected chi connectivity index (χ4v) is 3.77. The molecule has 2 heterocycles. The standard InChI is InChI=1S/C13H15Cl2N3O2S/c1-13(2,3)18(12(19)20)9-5-7(11(15)21-9)10-8(14)6-16-17(10)4/h5-6H,1-4H3,(H,19,20). The van der Waals surface area contributed by atoms with E-state index in [1.54, 1.807) is 17.8 Å². The molecule has 1 N–H and O–H groups in total. The Morgan fingerprint density at radius 2 is 2.05 bits per heavy atom. The van der Waals surface area contributed by atoms with Gasteiger partial charge in [-0.2, -0.15) is 5.10 Å². The van der Waals surface area contributed by atoms with Crippen LogP contribution >= 0.6 is 34.5 Å². The molecule has 0 aliphatic carbocycles. The number of aryl methyl sites for hydroxylation is 1. The van der Waals surface area contributed by atoms with Crippen LogP contribution in [0.5, 0.6) is 0 Å². The molecule has 114 valence electrons. The summed E-state index contributed by atoms with van der Waals surface area (Å²) in [6.07, 6.45) is 0.506. The molecule has 2 aromatic heterocycles. The molecule has 0 fully saturated rings. The van der Waals surface area contributed by atoms with E-state index in [0.29, 0.717) is 25.6 Å². The Bertz CT molecular complexity index is 669. The average molecular weight is 348 g/mol. The predicted octanol–water partition coefficient (Wildman–Crippen LogP) is 4.74. The van der Waals surface area contributed by atoms with Gasteiger partial charge in [-0.05, 0) is 26.8 Å². The van der Waals surface area contributed by atoms with Crippen LogP contribution < -0.4 is 4.90 Å². The molecular weight excluding hydrogens is 333 g/mol. The Balaban J connectivity index is 2.56. The Morgan fingerprint density at radius 3 is 2.48 bits per heavy atom. The highest BCUT2D eigenvalue weighted by Gasteiger charge is 2.30. The van der Waals surface area contributed by atoms with Crippen molar-refractivity contribution in [2.75, 3.05) is 4.90 Å². The van der Waals surface area contributed by atoms with Crippen LogP contribution in [0.4, 0.5) is 9.80 Å². The Morgan fingerprint density at radius 1 is 1.43 bits per heavy atom. The van der Waals surface area contributed by atoms with Gasteiger partial charge in [-0.15, -0.1) is 11.3 Å². The highest BCUT2D eigenvalue weighted by Crippen LogP contribution is 2.43. The predicted molar refractivity (Wildman–Crippen MR) is 86.8 cm³/mol. The first-order valence-corrected chi connectivity index (χ1v) is 7.70. The maximum Gasteiger partial charge on any atom is 0.412 e. The van der Waals surface area contributed by atoms with Crippen molar-refractivity contribution < 1.29 is 9.90 Å². The van der Waals surface area contributed by atoms with Crippen LogP contribution in [-0.4, -0.2) is 26.5 Å². The highest BCUT2D eigenvalue weighted by atomic mass is 35.5. The second-order valence-corrected chi connectivity index (χ2v) is 7.57. The fourth-order valence-electron chi connectivity index (χ4n) is 2.05. The first-order chi connectivity index (χ1) is 9.62. The van der Waals surface area contributed by atoms with Gasteiger partial charge in [0.25, 0.3) is 0 Å². The molecule has 0 saturated carbocycles. The van der Waals surface area contributed by atoms with Crippen molar-refractivity contribution in [1.29, 1.82) is 0 Å². The molecule has 0 atom stereocenters. The molecule has 21 heavy (non-hydrogen) atoms.